The van der Waals surface area contributed by atoms with Crippen molar-refractivity contribution in [1.29, 1.82) is 0 Å². The van der Waals surface area contributed by atoms with E-state index in [0.717, 1.165) is 10.8 Å². The molecule has 19 nitrogen and oxygen atoms in total. The van der Waals surface area contributed by atoms with E-state index in [9.17, 15) is 33.6 Å². The molecular formula is C9H20N3O16P3. The van der Waals surface area contributed by atoms with Crippen molar-refractivity contribution in [3.8, 4) is 0 Å². The molecule has 2 heterocycles. The van der Waals surface area contributed by atoms with Crippen molar-refractivity contribution in [2.45, 2.75) is 24.5 Å². The minimum absolute atomic E-state index is 0. The molecule has 12 N–H and O–H groups in total. The van der Waals surface area contributed by atoms with Gasteiger partial charge in [0.2, 0.25) is 0 Å². The van der Waals surface area contributed by atoms with Gasteiger partial charge in [0.05, 0.1) is 6.61 Å². The lowest BCUT2D eigenvalue weighted by molar-refractivity contribution is -0.0541. The van der Waals surface area contributed by atoms with Gasteiger partial charge in [0.25, 0.3) is 0 Å². The highest BCUT2D eigenvalue weighted by molar-refractivity contribution is 7.66. The number of phosphoric ester groups is 1. The third-order valence-corrected chi connectivity index (χ3v) is 7.08. The fourth-order valence-corrected chi connectivity index (χ4v) is 5.22. The highest BCUT2D eigenvalue weighted by Crippen LogP contribution is 2.66. The van der Waals surface area contributed by atoms with Gasteiger partial charge in [-0.3, -0.25) is 9.09 Å². The van der Waals surface area contributed by atoms with E-state index in [2.05, 4.69) is 18.1 Å². The van der Waals surface area contributed by atoms with Crippen LogP contribution in [0.4, 0.5) is 5.82 Å². The van der Waals surface area contributed by atoms with Crippen molar-refractivity contribution in [2.24, 2.45) is 0 Å². The summed E-state index contributed by atoms with van der Waals surface area (Å²) in [6.07, 6.45) is -5.38. The predicted molar refractivity (Wildman–Crippen MR) is 95.9 cm³/mol. The Morgan fingerprint density at radius 1 is 1.06 bits per heavy atom. The van der Waals surface area contributed by atoms with E-state index in [4.69, 9.17) is 25.2 Å². The molecule has 1 aliphatic rings. The van der Waals surface area contributed by atoms with Crippen LogP contribution in [0.1, 0.15) is 6.23 Å². The first-order valence-electron chi connectivity index (χ1n) is 7.25. The van der Waals surface area contributed by atoms with Gasteiger partial charge in [-0.1, -0.05) is 0 Å². The predicted octanol–water partition coefficient (Wildman–Crippen LogP) is -3.86. The number of nitrogen functional groups attached to an aromatic ring is 1. The molecule has 0 spiro atoms. The zero-order valence-electron chi connectivity index (χ0n) is 14.9. The lowest BCUT2D eigenvalue weighted by Crippen LogP contribution is -2.36. The summed E-state index contributed by atoms with van der Waals surface area (Å²) < 4.78 is 50.8. The minimum atomic E-state index is -5.71. The van der Waals surface area contributed by atoms with Crippen LogP contribution in [0.3, 0.4) is 0 Å². The van der Waals surface area contributed by atoms with Crippen LogP contribution in [0.2, 0.25) is 0 Å². The molecule has 1 aromatic heterocycles. The number of nitrogens with two attached hydrogens (primary N) is 1. The maximum absolute atomic E-state index is 11.8. The molecule has 1 fully saturated rings. The first kappa shape index (κ1) is 29.9. The van der Waals surface area contributed by atoms with Gasteiger partial charge in [-0.05, 0) is 6.07 Å². The molecule has 22 heteroatoms. The molecule has 0 saturated carbocycles. The SMILES string of the molecule is Nc1ccn([C@@H]2O[C@H](COP(=O)(O)OP(=O)(O)OP(=O)(O)O)[C@@H](O)[C@H]2O)c(=O)n1.O.O. The van der Waals surface area contributed by atoms with Crippen LogP contribution in [-0.2, 0) is 31.6 Å². The number of aliphatic hydroxyl groups is 2. The maximum Gasteiger partial charge on any atom is 0.490 e. The molecule has 6 atom stereocenters. The number of aromatic nitrogens is 2. The highest BCUT2D eigenvalue weighted by atomic mass is 31.3. The van der Waals surface area contributed by atoms with Crippen LogP contribution in [0.15, 0.2) is 17.1 Å². The Hall–Kier alpha value is -1.11. The summed E-state index contributed by atoms with van der Waals surface area (Å²) >= 11 is 0. The quantitative estimate of drug-likeness (QED) is 0.161. The van der Waals surface area contributed by atoms with Crippen molar-refractivity contribution in [3.05, 3.63) is 22.7 Å². The number of phosphoric acid groups is 3. The van der Waals surface area contributed by atoms with Crippen LogP contribution < -0.4 is 11.4 Å². The Balaban J connectivity index is 0.00000450. The molecule has 0 bridgehead atoms. The minimum Gasteiger partial charge on any atom is -0.412 e. The van der Waals surface area contributed by atoms with E-state index in [1.54, 1.807) is 0 Å². The van der Waals surface area contributed by atoms with Gasteiger partial charge >= 0.3 is 29.2 Å². The molecule has 0 aromatic carbocycles. The number of ether oxygens (including phenoxy) is 1. The van der Waals surface area contributed by atoms with Crippen molar-refractivity contribution < 1.29 is 72.3 Å². The fraction of sp³-hybridized carbons (Fsp3) is 0.556. The van der Waals surface area contributed by atoms with E-state index in [1.165, 1.54) is 6.07 Å². The molecule has 0 radical (unpaired) electrons. The zero-order valence-corrected chi connectivity index (χ0v) is 17.6. The van der Waals surface area contributed by atoms with Crippen LogP contribution in [0, 0.1) is 0 Å². The third-order valence-electron chi connectivity index (χ3n) is 3.28. The lowest BCUT2D eigenvalue weighted by atomic mass is 10.1. The first-order chi connectivity index (χ1) is 13.1. The van der Waals surface area contributed by atoms with Gasteiger partial charge in [-0.2, -0.15) is 13.6 Å². The van der Waals surface area contributed by atoms with Crippen molar-refractivity contribution in [1.82, 2.24) is 9.55 Å². The summed E-state index contributed by atoms with van der Waals surface area (Å²) in [5.74, 6) is -0.122. The normalized spacial score (nSPS) is 27.4. The van der Waals surface area contributed by atoms with Crippen LogP contribution in [0.25, 0.3) is 0 Å². The van der Waals surface area contributed by atoms with Gasteiger partial charge in [-0.25, -0.2) is 18.5 Å². The molecule has 1 aliphatic heterocycles. The molecule has 31 heavy (non-hydrogen) atoms. The molecule has 1 saturated heterocycles. The van der Waals surface area contributed by atoms with E-state index in [0.29, 0.717) is 0 Å². The van der Waals surface area contributed by atoms with E-state index in [-0.39, 0.29) is 16.8 Å². The number of nitrogens with zero attached hydrogens (tertiary/aromatic N) is 2. The van der Waals surface area contributed by atoms with E-state index >= 15 is 0 Å². The second kappa shape index (κ2) is 10.7. The summed E-state index contributed by atoms with van der Waals surface area (Å²) in [5, 5.41) is 20.0. The Labute approximate surface area is 171 Å². The molecular weight excluding hydrogens is 499 g/mol. The molecule has 0 aliphatic carbocycles. The Kier molecular flexibility index (Phi) is 10.3. The standard InChI is InChI=1S/C9H16N3O14P3.2H2O/c10-5-1-2-12(9(15)11-5)8-7(14)6(13)4(24-8)3-23-28(19,20)26-29(21,22)25-27(16,17)18;;/h1-2,4,6-8,13-14H,3H2,(H,19,20)(H,21,22)(H2,10,11,15)(H2,16,17,18);2*1H2/t4-,6-,7-,8-;;/m1../s1. The van der Waals surface area contributed by atoms with Gasteiger partial charge in [0, 0.05) is 6.20 Å². The smallest absolute Gasteiger partial charge is 0.412 e. The maximum atomic E-state index is 11.8. The van der Waals surface area contributed by atoms with Crippen LogP contribution >= 0.6 is 23.5 Å². The van der Waals surface area contributed by atoms with Crippen molar-refractivity contribution >= 4 is 29.3 Å². The lowest BCUT2D eigenvalue weighted by Gasteiger charge is -2.19. The number of rotatable bonds is 8. The van der Waals surface area contributed by atoms with Crippen LogP contribution in [-0.4, -0.2) is 75.2 Å². The van der Waals surface area contributed by atoms with Crippen molar-refractivity contribution in [3.63, 3.8) is 0 Å². The first-order valence-corrected chi connectivity index (χ1v) is 11.8. The van der Waals surface area contributed by atoms with E-state index < -0.39 is 60.3 Å². The molecule has 0 amide bonds. The molecule has 1 aromatic rings. The summed E-state index contributed by atoms with van der Waals surface area (Å²) in [6.45, 7) is -1.02. The Bertz CT molecular complexity index is 948. The van der Waals surface area contributed by atoms with Crippen molar-refractivity contribution in [2.75, 3.05) is 12.3 Å². The second-order valence-corrected chi connectivity index (χ2v) is 9.90. The fourth-order valence-electron chi connectivity index (χ4n) is 2.19. The van der Waals surface area contributed by atoms with Crippen LogP contribution in [0.5, 0.6) is 0 Å². The Morgan fingerprint density at radius 3 is 2.16 bits per heavy atom. The molecule has 2 rings (SSSR count). The molecule has 182 valence electrons. The van der Waals surface area contributed by atoms with Gasteiger partial charge in [0.1, 0.15) is 24.1 Å². The Morgan fingerprint density at radius 2 is 1.65 bits per heavy atom. The summed E-state index contributed by atoms with van der Waals surface area (Å²) in [5.41, 5.74) is 4.39. The topological polar surface area (TPSA) is 333 Å². The monoisotopic (exact) mass is 519 g/mol. The van der Waals surface area contributed by atoms with E-state index in [1.807, 2.05) is 0 Å². The van der Waals surface area contributed by atoms with Gasteiger partial charge < -0.3 is 51.2 Å². The number of anilines is 1. The second-order valence-electron chi connectivity index (χ2n) is 5.48. The highest BCUT2D eigenvalue weighted by Gasteiger charge is 2.46. The zero-order chi connectivity index (χ0) is 22.2. The van der Waals surface area contributed by atoms with Gasteiger partial charge in [-0.15, -0.1) is 0 Å². The summed E-state index contributed by atoms with van der Waals surface area (Å²) in [4.78, 5) is 50.5. The summed E-state index contributed by atoms with van der Waals surface area (Å²) in [7, 11) is -16.7. The molecule has 2 unspecified atom stereocenters. The number of hydrogen-bond acceptors (Lipinski definition) is 12. The third kappa shape index (κ3) is 8.39. The van der Waals surface area contributed by atoms with Gasteiger partial charge in [0.15, 0.2) is 6.23 Å². The summed E-state index contributed by atoms with van der Waals surface area (Å²) in [6, 6.07) is 1.20. The largest absolute Gasteiger partial charge is 0.490 e. The number of hydrogen-bond donors (Lipinski definition) is 7. The average Bonchev–Trinajstić information content (AvgIpc) is 2.78. The number of aliphatic hydroxyl groups excluding tert-OH is 2. The average molecular weight is 519 g/mol.